The Labute approximate surface area is 119 Å². The summed E-state index contributed by atoms with van der Waals surface area (Å²) in [5.41, 5.74) is 0. The largest absolute Gasteiger partial charge is 0.378 e. The molecule has 1 unspecified atom stereocenters. The zero-order valence-corrected chi connectivity index (χ0v) is 12.9. The molecule has 1 saturated heterocycles. The van der Waals surface area contributed by atoms with E-state index in [4.69, 9.17) is 4.74 Å². The molecule has 1 saturated carbocycles. The van der Waals surface area contributed by atoms with E-state index in [-0.39, 0.29) is 0 Å². The maximum atomic E-state index is 5.61. The van der Waals surface area contributed by atoms with Crippen molar-refractivity contribution in [1.82, 2.24) is 10.2 Å². The van der Waals surface area contributed by atoms with Crippen LogP contribution in [0.1, 0.15) is 52.4 Å². The highest BCUT2D eigenvalue weighted by atomic mass is 16.5. The van der Waals surface area contributed by atoms with E-state index in [1.165, 1.54) is 64.7 Å². The summed E-state index contributed by atoms with van der Waals surface area (Å²) in [5, 5.41) is 3.69. The second-order valence-electron chi connectivity index (χ2n) is 6.42. The van der Waals surface area contributed by atoms with Gasteiger partial charge in [0.25, 0.3) is 0 Å². The van der Waals surface area contributed by atoms with Crippen LogP contribution in [-0.4, -0.2) is 49.8 Å². The molecule has 0 aromatic heterocycles. The van der Waals surface area contributed by atoms with Gasteiger partial charge in [0.2, 0.25) is 0 Å². The molecule has 1 aliphatic carbocycles. The molecule has 3 nitrogen and oxygen atoms in total. The quantitative estimate of drug-likeness (QED) is 0.732. The van der Waals surface area contributed by atoms with Crippen LogP contribution in [0.3, 0.4) is 0 Å². The van der Waals surface area contributed by atoms with Gasteiger partial charge in [-0.15, -0.1) is 0 Å². The van der Waals surface area contributed by atoms with Gasteiger partial charge in [-0.25, -0.2) is 0 Å². The fraction of sp³-hybridized carbons (Fsp3) is 1.00. The van der Waals surface area contributed by atoms with E-state index >= 15 is 0 Å². The van der Waals surface area contributed by atoms with Gasteiger partial charge in [0, 0.05) is 19.2 Å². The maximum Gasteiger partial charge on any atom is 0.0580 e. The molecule has 112 valence electrons. The van der Waals surface area contributed by atoms with E-state index in [0.717, 1.165) is 12.5 Å². The smallest absolute Gasteiger partial charge is 0.0580 e. The van der Waals surface area contributed by atoms with Gasteiger partial charge in [-0.3, -0.25) is 0 Å². The van der Waals surface area contributed by atoms with Gasteiger partial charge in [0.1, 0.15) is 0 Å². The Bertz CT molecular complexity index is 235. The van der Waals surface area contributed by atoms with E-state index in [0.29, 0.717) is 12.1 Å². The SMILES string of the molecule is CCOC1CC(CCNC(C)CN2CCCCC2)C1. The van der Waals surface area contributed by atoms with Gasteiger partial charge >= 0.3 is 0 Å². The Morgan fingerprint density at radius 3 is 2.63 bits per heavy atom. The first-order valence-corrected chi connectivity index (χ1v) is 8.35. The van der Waals surface area contributed by atoms with Crippen molar-refractivity contribution >= 4 is 0 Å². The van der Waals surface area contributed by atoms with Crippen LogP contribution < -0.4 is 5.32 Å². The van der Waals surface area contributed by atoms with Crippen molar-refractivity contribution in [3.63, 3.8) is 0 Å². The Morgan fingerprint density at radius 1 is 1.21 bits per heavy atom. The zero-order valence-electron chi connectivity index (χ0n) is 12.9. The van der Waals surface area contributed by atoms with Crippen LogP contribution in [0.5, 0.6) is 0 Å². The summed E-state index contributed by atoms with van der Waals surface area (Å²) in [6.07, 6.45) is 8.70. The van der Waals surface area contributed by atoms with Crippen LogP contribution in [0.4, 0.5) is 0 Å². The predicted octanol–water partition coefficient (Wildman–Crippen LogP) is 2.66. The minimum absolute atomic E-state index is 0.570. The standard InChI is InChI=1S/C16H32N2O/c1-3-19-16-11-15(12-16)7-8-17-14(2)13-18-9-5-4-6-10-18/h14-17H,3-13H2,1-2H3. The average molecular weight is 268 g/mol. The second kappa shape index (κ2) is 8.23. The normalized spacial score (nSPS) is 30.0. The molecular formula is C16H32N2O. The van der Waals surface area contributed by atoms with Crippen molar-refractivity contribution in [2.75, 3.05) is 32.8 Å². The third kappa shape index (κ3) is 5.41. The van der Waals surface area contributed by atoms with Gasteiger partial charge in [-0.05, 0) is 71.5 Å². The molecular weight excluding hydrogens is 236 g/mol. The molecule has 2 fully saturated rings. The molecule has 0 amide bonds. The number of nitrogens with one attached hydrogen (secondary N) is 1. The third-order valence-corrected chi connectivity index (χ3v) is 4.62. The lowest BCUT2D eigenvalue weighted by molar-refractivity contribution is -0.0264. The summed E-state index contributed by atoms with van der Waals surface area (Å²) in [4.78, 5) is 2.62. The van der Waals surface area contributed by atoms with Gasteiger partial charge in [0.05, 0.1) is 6.10 Å². The van der Waals surface area contributed by atoms with Crippen LogP contribution in [0.2, 0.25) is 0 Å². The van der Waals surface area contributed by atoms with Gasteiger partial charge < -0.3 is 15.0 Å². The van der Waals surface area contributed by atoms with E-state index in [1.807, 2.05) is 0 Å². The molecule has 0 bridgehead atoms. The lowest BCUT2D eigenvalue weighted by atomic mass is 9.80. The molecule has 2 aliphatic rings. The predicted molar refractivity (Wildman–Crippen MR) is 80.5 cm³/mol. The van der Waals surface area contributed by atoms with Crippen molar-refractivity contribution in [2.24, 2.45) is 5.92 Å². The summed E-state index contributed by atoms with van der Waals surface area (Å²) < 4.78 is 5.61. The van der Waals surface area contributed by atoms with Crippen LogP contribution in [-0.2, 0) is 4.74 Å². The first kappa shape index (κ1) is 15.3. The van der Waals surface area contributed by atoms with Crippen LogP contribution in [0.15, 0.2) is 0 Å². The van der Waals surface area contributed by atoms with Crippen LogP contribution >= 0.6 is 0 Å². The summed E-state index contributed by atoms with van der Waals surface area (Å²) in [5.74, 6) is 0.909. The van der Waals surface area contributed by atoms with Crippen molar-refractivity contribution in [3.8, 4) is 0 Å². The summed E-state index contributed by atoms with van der Waals surface area (Å²) >= 11 is 0. The molecule has 3 heteroatoms. The minimum Gasteiger partial charge on any atom is -0.378 e. The number of nitrogens with zero attached hydrogens (tertiary/aromatic N) is 1. The molecule has 2 rings (SSSR count). The Morgan fingerprint density at radius 2 is 1.95 bits per heavy atom. The van der Waals surface area contributed by atoms with Gasteiger partial charge in [-0.2, -0.15) is 0 Å². The van der Waals surface area contributed by atoms with Gasteiger partial charge in [0.15, 0.2) is 0 Å². The summed E-state index contributed by atoms with van der Waals surface area (Å²) in [6, 6.07) is 0.640. The highest BCUT2D eigenvalue weighted by Gasteiger charge is 2.28. The monoisotopic (exact) mass is 268 g/mol. The molecule has 0 radical (unpaired) electrons. The number of piperidine rings is 1. The lowest BCUT2D eigenvalue weighted by Gasteiger charge is -2.35. The first-order chi connectivity index (χ1) is 9.28. The number of rotatable bonds is 8. The van der Waals surface area contributed by atoms with Crippen LogP contribution in [0, 0.1) is 5.92 Å². The molecule has 1 heterocycles. The Kier molecular flexibility index (Phi) is 6.62. The summed E-state index contributed by atoms with van der Waals surface area (Å²) in [7, 11) is 0. The van der Waals surface area contributed by atoms with Crippen molar-refractivity contribution < 1.29 is 4.74 Å². The maximum absolute atomic E-state index is 5.61. The fourth-order valence-electron chi connectivity index (χ4n) is 3.41. The molecule has 19 heavy (non-hydrogen) atoms. The van der Waals surface area contributed by atoms with E-state index in [9.17, 15) is 0 Å². The topological polar surface area (TPSA) is 24.5 Å². The number of hydrogen-bond donors (Lipinski definition) is 1. The zero-order chi connectivity index (χ0) is 13.5. The average Bonchev–Trinajstić information content (AvgIpc) is 2.37. The molecule has 1 aliphatic heterocycles. The molecule has 0 spiro atoms. The van der Waals surface area contributed by atoms with E-state index < -0.39 is 0 Å². The summed E-state index contributed by atoms with van der Waals surface area (Å²) in [6.45, 7) is 10.3. The number of likely N-dealkylation sites (tertiary alicyclic amines) is 1. The van der Waals surface area contributed by atoms with Crippen LogP contribution in [0.25, 0.3) is 0 Å². The fourth-order valence-corrected chi connectivity index (χ4v) is 3.41. The molecule has 0 aromatic rings. The lowest BCUT2D eigenvalue weighted by Crippen LogP contribution is -2.42. The molecule has 1 N–H and O–H groups in total. The van der Waals surface area contributed by atoms with Gasteiger partial charge in [-0.1, -0.05) is 6.42 Å². The van der Waals surface area contributed by atoms with E-state index in [1.54, 1.807) is 0 Å². The molecule has 1 atom stereocenters. The van der Waals surface area contributed by atoms with Crippen molar-refractivity contribution in [3.05, 3.63) is 0 Å². The first-order valence-electron chi connectivity index (χ1n) is 8.35. The Hall–Kier alpha value is -0.120. The molecule has 0 aromatic carbocycles. The minimum atomic E-state index is 0.570. The highest BCUT2D eigenvalue weighted by Crippen LogP contribution is 2.32. The second-order valence-corrected chi connectivity index (χ2v) is 6.42. The Balaban J connectivity index is 1.46. The number of ether oxygens (including phenoxy) is 1. The third-order valence-electron chi connectivity index (χ3n) is 4.62. The van der Waals surface area contributed by atoms with Crippen molar-refractivity contribution in [2.45, 2.75) is 64.5 Å². The van der Waals surface area contributed by atoms with Crippen molar-refractivity contribution in [1.29, 1.82) is 0 Å². The number of hydrogen-bond acceptors (Lipinski definition) is 3. The highest BCUT2D eigenvalue weighted by molar-refractivity contribution is 4.81. The van der Waals surface area contributed by atoms with E-state index in [2.05, 4.69) is 24.1 Å².